The summed E-state index contributed by atoms with van der Waals surface area (Å²) in [5.74, 6) is -0.942. The topological polar surface area (TPSA) is 81.4 Å². The van der Waals surface area contributed by atoms with Crippen LogP contribution >= 0.6 is 12.4 Å². The Morgan fingerprint density at radius 3 is 2.24 bits per heavy atom. The maximum Gasteiger partial charge on any atom is 0.338 e. The largest absolute Gasteiger partial charge is 0.462 e. The Morgan fingerprint density at radius 2 is 1.68 bits per heavy atom. The fourth-order valence-corrected chi connectivity index (χ4v) is 2.29. The van der Waals surface area contributed by atoms with Crippen LogP contribution in [-0.2, 0) is 9.53 Å². The fourth-order valence-electron chi connectivity index (χ4n) is 2.29. The van der Waals surface area contributed by atoms with E-state index in [1.54, 1.807) is 38.1 Å². The highest BCUT2D eigenvalue weighted by Crippen LogP contribution is 2.21. The minimum atomic E-state index is -0.392. The van der Waals surface area contributed by atoms with Gasteiger partial charge >= 0.3 is 5.97 Å². The van der Waals surface area contributed by atoms with Crippen molar-refractivity contribution in [3.63, 3.8) is 0 Å². The quantitative estimate of drug-likeness (QED) is 0.770. The van der Waals surface area contributed by atoms with Gasteiger partial charge in [-0.25, -0.2) is 4.79 Å². The van der Waals surface area contributed by atoms with Gasteiger partial charge in [-0.1, -0.05) is 37.3 Å². The third-order valence-electron chi connectivity index (χ3n) is 3.80. The van der Waals surface area contributed by atoms with Crippen molar-refractivity contribution < 1.29 is 14.3 Å². The molecule has 0 heterocycles. The Labute approximate surface area is 154 Å². The molecule has 3 N–H and O–H groups in total. The highest BCUT2D eigenvalue weighted by atomic mass is 35.5. The first-order valence-electron chi connectivity index (χ1n) is 7.91. The zero-order valence-electron chi connectivity index (χ0n) is 14.3. The van der Waals surface area contributed by atoms with Crippen LogP contribution in [0.5, 0.6) is 0 Å². The maximum absolute atomic E-state index is 12.4. The van der Waals surface area contributed by atoms with Crippen molar-refractivity contribution in [2.45, 2.75) is 19.9 Å². The van der Waals surface area contributed by atoms with Crippen LogP contribution < -0.4 is 11.1 Å². The number of ether oxygens (including phenoxy) is 1. The normalized spacial score (nSPS) is 12.4. The molecule has 6 heteroatoms. The van der Waals surface area contributed by atoms with Gasteiger partial charge in [0, 0.05) is 11.7 Å². The summed E-state index contributed by atoms with van der Waals surface area (Å²) in [6.45, 7) is 3.87. The molecule has 0 aliphatic heterocycles. The molecule has 2 rings (SSSR count). The number of nitrogens with two attached hydrogens (primary N) is 1. The van der Waals surface area contributed by atoms with Crippen LogP contribution in [0.25, 0.3) is 0 Å². The second-order valence-corrected chi connectivity index (χ2v) is 5.51. The number of carbonyl (C=O) groups is 2. The first-order chi connectivity index (χ1) is 11.5. The lowest BCUT2D eigenvalue weighted by Gasteiger charge is -2.20. The molecular weight excluding hydrogens is 340 g/mol. The molecule has 5 nitrogen and oxygen atoms in total. The van der Waals surface area contributed by atoms with Crippen LogP contribution in [0.2, 0.25) is 0 Å². The third kappa shape index (κ3) is 5.59. The van der Waals surface area contributed by atoms with E-state index in [0.717, 1.165) is 5.56 Å². The van der Waals surface area contributed by atoms with Gasteiger partial charge in [0.2, 0.25) is 5.91 Å². The van der Waals surface area contributed by atoms with E-state index in [1.165, 1.54) is 0 Å². The van der Waals surface area contributed by atoms with Crippen LogP contribution in [0.3, 0.4) is 0 Å². The minimum Gasteiger partial charge on any atom is -0.462 e. The van der Waals surface area contributed by atoms with Crippen molar-refractivity contribution in [3.05, 3.63) is 65.7 Å². The monoisotopic (exact) mass is 362 g/mol. The van der Waals surface area contributed by atoms with E-state index < -0.39 is 5.92 Å². The number of amides is 1. The molecule has 2 atom stereocenters. The Morgan fingerprint density at radius 1 is 1.08 bits per heavy atom. The molecule has 134 valence electrons. The van der Waals surface area contributed by atoms with Crippen LogP contribution in [-0.4, -0.2) is 18.5 Å². The lowest BCUT2D eigenvalue weighted by Crippen LogP contribution is -2.30. The molecular formula is C19H23ClN2O3. The maximum atomic E-state index is 12.4. The summed E-state index contributed by atoms with van der Waals surface area (Å²) in [7, 11) is 0. The summed E-state index contributed by atoms with van der Waals surface area (Å²) < 4.78 is 4.92. The number of rotatable bonds is 6. The molecule has 25 heavy (non-hydrogen) atoms. The highest BCUT2D eigenvalue weighted by Gasteiger charge is 2.22. The van der Waals surface area contributed by atoms with Crippen molar-refractivity contribution in [2.24, 2.45) is 11.7 Å². The third-order valence-corrected chi connectivity index (χ3v) is 3.80. The van der Waals surface area contributed by atoms with Crippen molar-refractivity contribution in [3.8, 4) is 0 Å². The average Bonchev–Trinajstić information content (AvgIpc) is 2.62. The summed E-state index contributed by atoms with van der Waals surface area (Å²) in [6, 6.07) is 15.7. The van der Waals surface area contributed by atoms with Crippen molar-refractivity contribution >= 4 is 30.0 Å². The zero-order valence-corrected chi connectivity index (χ0v) is 15.1. The van der Waals surface area contributed by atoms with Crippen LogP contribution in [0.15, 0.2) is 54.6 Å². The van der Waals surface area contributed by atoms with Crippen molar-refractivity contribution in [1.82, 2.24) is 0 Å². The van der Waals surface area contributed by atoms with E-state index in [9.17, 15) is 9.59 Å². The number of hydrogen-bond acceptors (Lipinski definition) is 4. The fraction of sp³-hybridized carbons (Fsp3) is 0.263. The number of nitrogens with one attached hydrogen (secondary N) is 1. The van der Waals surface area contributed by atoms with Gasteiger partial charge in [0.25, 0.3) is 0 Å². The molecule has 0 aliphatic carbocycles. The van der Waals surface area contributed by atoms with E-state index in [0.29, 0.717) is 17.9 Å². The molecule has 0 fully saturated rings. The Bertz CT molecular complexity index is 690. The highest BCUT2D eigenvalue weighted by molar-refractivity contribution is 5.94. The van der Waals surface area contributed by atoms with Gasteiger partial charge in [-0.15, -0.1) is 12.4 Å². The molecule has 0 spiro atoms. The van der Waals surface area contributed by atoms with Gasteiger partial charge in [0.05, 0.1) is 18.1 Å². The van der Waals surface area contributed by atoms with Gasteiger partial charge in [0.1, 0.15) is 0 Å². The smallest absolute Gasteiger partial charge is 0.338 e. The summed E-state index contributed by atoms with van der Waals surface area (Å²) in [5, 5.41) is 2.82. The van der Waals surface area contributed by atoms with Gasteiger partial charge < -0.3 is 15.8 Å². The minimum absolute atomic E-state index is 0. The Kier molecular flexibility index (Phi) is 8.11. The molecule has 2 aromatic carbocycles. The Balaban J connectivity index is 0.00000312. The average molecular weight is 363 g/mol. The van der Waals surface area contributed by atoms with E-state index in [4.69, 9.17) is 10.5 Å². The predicted octanol–water partition coefficient (Wildman–Crippen LogP) is 3.56. The van der Waals surface area contributed by atoms with Crippen molar-refractivity contribution in [2.75, 3.05) is 11.9 Å². The van der Waals surface area contributed by atoms with Gasteiger partial charge in [-0.3, -0.25) is 4.79 Å². The van der Waals surface area contributed by atoms with E-state index in [-0.39, 0.29) is 30.3 Å². The SMILES string of the molecule is CCOC(=O)c1ccc(NC(=O)C(C)C(N)c2ccccc2)cc1.Cl. The standard InChI is InChI=1S/C19H22N2O3.ClH/c1-3-24-19(23)15-9-11-16(12-10-15)21-18(22)13(2)17(20)14-7-5-4-6-8-14;/h4-13,17H,3,20H2,1-2H3,(H,21,22);1H. The summed E-state index contributed by atoms with van der Waals surface area (Å²) in [5.41, 5.74) is 8.14. The van der Waals surface area contributed by atoms with E-state index in [1.807, 2.05) is 30.3 Å². The molecule has 0 bridgehead atoms. The number of halogens is 1. The number of hydrogen-bond donors (Lipinski definition) is 2. The Hall–Kier alpha value is -2.37. The van der Waals surface area contributed by atoms with E-state index in [2.05, 4.69) is 5.32 Å². The van der Waals surface area contributed by atoms with Gasteiger partial charge in [0.15, 0.2) is 0 Å². The first kappa shape index (κ1) is 20.7. The van der Waals surface area contributed by atoms with Crippen LogP contribution in [0.1, 0.15) is 35.8 Å². The lowest BCUT2D eigenvalue weighted by molar-refractivity contribution is -0.120. The van der Waals surface area contributed by atoms with Crippen LogP contribution in [0, 0.1) is 5.92 Å². The van der Waals surface area contributed by atoms with Gasteiger partial charge in [-0.05, 0) is 36.8 Å². The molecule has 1 amide bonds. The summed E-state index contributed by atoms with van der Waals surface area (Å²) >= 11 is 0. The molecule has 2 aromatic rings. The molecule has 0 radical (unpaired) electrons. The van der Waals surface area contributed by atoms with Gasteiger partial charge in [-0.2, -0.15) is 0 Å². The molecule has 0 saturated carbocycles. The van der Waals surface area contributed by atoms with Crippen molar-refractivity contribution in [1.29, 1.82) is 0 Å². The van der Waals surface area contributed by atoms with Crippen LogP contribution in [0.4, 0.5) is 5.69 Å². The molecule has 2 unspecified atom stereocenters. The molecule has 0 aliphatic rings. The summed E-state index contributed by atoms with van der Waals surface area (Å²) in [4.78, 5) is 24.0. The number of carbonyl (C=O) groups excluding carboxylic acids is 2. The first-order valence-corrected chi connectivity index (χ1v) is 7.91. The lowest BCUT2D eigenvalue weighted by atomic mass is 9.94. The molecule has 0 saturated heterocycles. The number of esters is 1. The predicted molar refractivity (Wildman–Crippen MR) is 101 cm³/mol. The molecule has 0 aromatic heterocycles. The van der Waals surface area contributed by atoms with E-state index >= 15 is 0 Å². The summed E-state index contributed by atoms with van der Waals surface area (Å²) in [6.07, 6.45) is 0. The number of anilines is 1. The second kappa shape index (κ2) is 9.81. The second-order valence-electron chi connectivity index (χ2n) is 5.51. The zero-order chi connectivity index (χ0) is 17.5. The number of benzene rings is 2.